The quantitative estimate of drug-likeness (QED) is 0.0827. The standard InChI is InChI=1S/C30H76O20Si8/c1-19-24-54(38-9,39-10)49-58(44-15,45-16)50-55(40-11,48-56(41-12,46-51(17,31-2)32-3)27-26-53(35-6,36-7)37-8)25-23-29-21-20-22-30(28-29)57(42-13,43-14)47-52(18,33-4)34-5/h29-30H,19-28H2,1-18H3. The molecule has 0 saturated heterocycles. The molecule has 1 aliphatic rings. The lowest BCUT2D eigenvalue weighted by molar-refractivity contribution is 0.00674. The van der Waals surface area contributed by atoms with Gasteiger partial charge in [-0.05, 0) is 25.2 Å². The maximum Gasteiger partial charge on any atom is 0.664 e. The van der Waals surface area contributed by atoms with Gasteiger partial charge in [0.1, 0.15) is 0 Å². The minimum atomic E-state index is -4.22. The average Bonchev–Trinajstić information content (AvgIpc) is 3.27. The van der Waals surface area contributed by atoms with Gasteiger partial charge in [0.2, 0.25) is 0 Å². The van der Waals surface area contributed by atoms with Crippen molar-refractivity contribution in [3.63, 3.8) is 0 Å². The summed E-state index contributed by atoms with van der Waals surface area (Å²) in [6.45, 7) is 5.56. The Hall–Kier alpha value is 0.935. The fraction of sp³-hybridized carbons (Fsp3) is 1.00. The molecule has 0 N–H and O–H groups in total. The van der Waals surface area contributed by atoms with Crippen molar-refractivity contribution in [1.82, 2.24) is 0 Å². The maximum absolute atomic E-state index is 7.23. The number of rotatable bonds is 34. The van der Waals surface area contributed by atoms with E-state index in [0.717, 1.165) is 25.7 Å². The molecule has 0 spiro atoms. The summed E-state index contributed by atoms with van der Waals surface area (Å²) in [6, 6.07) is 1.10. The van der Waals surface area contributed by atoms with E-state index in [4.69, 9.17) is 87.0 Å². The van der Waals surface area contributed by atoms with Gasteiger partial charge in [-0.2, -0.15) is 0 Å². The van der Waals surface area contributed by atoms with Crippen molar-refractivity contribution in [3.8, 4) is 0 Å². The van der Waals surface area contributed by atoms with Gasteiger partial charge in [0, 0.05) is 149 Å². The first kappa shape index (κ1) is 57.0. The normalized spacial score (nSPS) is 20.0. The van der Waals surface area contributed by atoms with Crippen molar-refractivity contribution >= 4 is 70.7 Å². The Labute approximate surface area is 357 Å². The molecule has 0 aromatic heterocycles. The van der Waals surface area contributed by atoms with Gasteiger partial charge >= 0.3 is 70.7 Å². The Kier molecular flexibility index (Phi) is 25.6. The van der Waals surface area contributed by atoms with Gasteiger partial charge < -0.3 is 87.0 Å². The van der Waals surface area contributed by atoms with E-state index in [9.17, 15) is 0 Å². The fourth-order valence-electron chi connectivity index (χ4n) is 6.81. The molecule has 1 saturated carbocycles. The highest BCUT2D eigenvalue weighted by Gasteiger charge is 2.65. The second-order valence-electron chi connectivity index (χ2n) is 13.7. The molecule has 0 aromatic carbocycles. The lowest BCUT2D eigenvalue weighted by atomic mass is 9.87. The Balaban J connectivity index is 3.97. The second-order valence-corrected chi connectivity index (χ2v) is 37.8. The molecule has 1 aliphatic carbocycles. The van der Waals surface area contributed by atoms with Gasteiger partial charge in [0.15, 0.2) is 0 Å². The molecule has 0 heterocycles. The van der Waals surface area contributed by atoms with Crippen molar-refractivity contribution in [2.75, 3.05) is 107 Å². The third-order valence-electron chi connectivity index (χ3n) is 10.7. The Morgan fingerprint density at radius 1 is 0.397 bits per heavy atom. The summed E-state index contributed by atoms with van der Waals surface area (Å²) in [7, 11) is -5.78. The molecule has 58 heavy (non-hydrogen) atoms. The molecule has 0 aromatic rings. The average molecular weight is 982 g/mol. The van der Waals surface area contributed by atoms with Crippen LogP contribution in [-0.4, -0.2) is 177 Å². The highest BCUT2D eigenvalue weighted by molar-refractivity contribution is 6.84. The zero-order valence-electron chi connectivity index (χ0n) is 38.4. The van der Waals surface area contributed by atoms with Crippen molar-refractivity contribution in [2.24, 2.45) is 5.92 Å². The zero-order valence-corrected chi connectivity index (χ0v) is 46.4. The van der Waals surface area contributed by atoms with E-state index in [-0.39, 0.29) is 29.6 Å². The largest absolute Gasteiger partial charge is 0.664 e. The second kappa shape index (κ2) is 26.0. The molecule has 0 bridgehead atoms. The predicted molar refractivity (Wildman–Crippen MR) is 228 cm³/mol. The Bertz CT molecular complexity index is 1110. The van der Waals surface area contributed by atoms with Gasteiger partial charge in [0.05, 0.1) is 0 Å². The van der Waals surface area contributed by atoms with E-state index in [1.807, 2.05) is 13.5 Å². The van der Waals surface area contributed by atoms with E-state index in [1.165, 1.54) is 78.2 Å². The summed E-state index contributed by atoms with van der Waals surface area (Å²) >= 11 is 0. The van der Waals surface area contributed by atoms with E-state index >= 15 is 0 Å². The zero-order chi connectivity index (χ0) is 44.4. The van der Waals surface area contributed by atoms with E-state index in [2.05, 4.69) is 0 Å². The summed E-state index contributed by atoms with van der Waals surface area (Å²) in [4.78, 5) is 0. The van der Waals surface area contributed by atoms with Crippen LogP contribution in [0.3, 0.4) is 0 Å². The molecule has 0 radical (unpaired) electrons. The van der Waals surface area contributed by atoms with Crippen LogP contribution in [0.15, 0.2) is 0 Å². The van der Waals surface area contributed by atoms with Crippen LogP contribution in [0.4, 0.5) is 0 Å². The minimum absolute atomic E-state index is 0.0428. The van der Waals surface area contributed by atoms with Crippen LogP contribution in [0.2, 0.25) is 42.8 Å². The first-order valence-electron chi connectivity index (χ1n) is 19.2. The maximum atomic E-state index is 7.23. The summed E-state index contributed by atoms with van der Waals surface area (Å²) in [5.74, 6) is 0.132. The minimum Gasteiger partial charge on any atom is -0.378 e. The van der Waals surface area contributed by atoms with Crippen LogP contribution in [0.5, 0.6) is 0 Å². The van der Waals surface area contributed by atoms with Crippen LogP contribution in [0.25, 0.3) is 0 Å². The summed E-state index contributed by atoms with van der Waals surface area (Å²) in [6.07, 6.45) is 4.64. The first-order valence-corrected chi connectivity index (χ1v) is 34.8. The summed E-state index contributed by atoms with van der Waals surface area (Å²) < 4.78 is 124. The Morgan fingerprint density at radius 3 is 1.24 bits per heavy atom. The molecule has 28 heteroatoms. The lowest BCUT2D eigenvalue weighted by Crippen LogP contribution is -2.69. The third-order valence-corrected chi connectivity index (χ3v) is 38.3. The van der Waals surface area contributed by atoms with Crippen molar-refractivity contribution < 1.29 is 87.0 Å². The van der Waals surface area contributed by atoms with Crippen molar-refractivity contribution in [1.29, 1.82) is 0 Å². The topological polar surface area (TPSA) is 185 Å². The van der Waals surface area contributed by atoms with Gasteiger partial charge in [-0.1, -0.05) is 26.2 Å². The monoisotopic (exact) mass is 980 g/mol. The summed E-state index contributed by atoms with van der Waals surface area (Å²) in [5.41, 5.74) is -0.0428. The van der Waals surface area contributed by atoms with Gasteiger partial charge in [-0.3, -0.25) is 0 Å². The number of hydrogen-bond acceptors (Lipinski definition) is 20. The predicted octanol–water partition coefficient (Wildman–Crippen LogP) is 4.39. The third kappa shape index (κ3) is 15.0. The van der Waals surface area contributed by atoms with Crippen LogP contribution in [0.1, 0.15) is 45.4 Å². The molecular formula is C30H76O20Si8. The smallest absolute Gasteiger partial charge is 0.378 e. The van der Waals surface area contributed by atoms with Gasteiger partial charge in [-0.25, -0.2) is 0 Å². The first-order chi connectivity index (χ1) is 27.4. The molecule has 348 valence electrons. The van der Waals surface area contributed by atoms with Crippen LogP contribution < -0.4 is 0 Å². The van der Waals surface area contributed by atoms with Gasteiger partial charge in [-0.15, -0.1) is 0 Å². The van der Waals surface area contributed by atoms with Crippen LogP contribution in [-0.2, 0) is 87.0 Å². The van der Waals surface area contributed by atoms with E-state index < -0.39 is 70.7 Å². The molecule has 0 aliphatic heterocycles. The van der Waals surface area contributed by atoms with Crippen molar-refractivity contribution in [3.05, 3.63) is 0 Å². The Morgan fingerprint density at radius 2 is 0.828 bits per heavy atom. The fourth-order valence-corrected chi connectivity index (χ4v) is 34.2. The SMILES string of the molecule is CCC[Si](OC)(OC)O[Si](OC)(OC)O[Si](CCC1CCCC([Si](OC)(OC)O[Si](C)(OC)OC)C1)(OC)O[Si](CC[Si](OC)(OC)OC)(OC)O[Si](C)(OC)OC. The highest BCUT2D eigenvalue weighted by Crippen LogP contribution is 2.45. The molecule has 1 rings (SSSR count). The van der Waals surface area contributed by atoms with E-state index in [0.29, 0.717) is 18.9 Å². The molecule has 4 unspecified atom stereocenters. The van der Waals surface area contributed by atoms with Crippen LogP contribution >= 0.6 is 0 Å². The molecule has 1 fully saturated rings. The summed E-state index contributed by atoms with van der Waals surface area (Å²) in [5, 5.41) is 0. The molecule has 4 atom stereocenters. The number of hydrogen-bond donors (Lipinski definition) is 0. The molecule has 20 nitrogen and oxygen atoms in total. The van der Waals surface area contributed by atoms with Crippen molar-refractivity contribution in [2.45, 2.75) is 88.3 Å². The van der Waals surface area contributed by atoms with E-state index in [1.54, 1.807) is 35.0 Å². The lowest BCUT2D eigenvalue weighted by Gasteiger charge is -2.44. The van der Waals surface area contributed by atoms with Gasteiger partial charge in [0.25, 0.3) is 0 Å². The highest BCUT2D eigenvalue weighted by atomic mass is 28.5. The van der Waals surface area contributed by atoms with Crippen LogP contribution in [0, 0.1) is 5.92 Å². The molecule has 0 amide bonds. The molecular weight excluding hydrogens is 905 g/mol.